The molecule has 0 bridgehead atoms. The van der Waals surface area contributed by atoms with Crippen LogP contribution >= 0.6 is 11.8 Å². The van der Waals surface area contributed by atoms with Gasteiger partial charge in [0.05, 0.1) is 17.9 Å². The number of aryl methyl sites for hydroxylation is 1. The summed E-state index contributed by atoms with van der Waals surface area (Å²) in [5.74, 6) is -0.0722. The summed E-state index contributed by atoms with van der Waals surface area (Å²) in [4.78, 5) is 54.4. The zero-order chi connectivity index (χ0) is 28.3. The molecule has 1 saturated heterocycles. The zero-order valence-corrected chi connectivity index (χ0v) is 23.5. The Balaban J connectivity index is 1.15. The van der Waals surface area contributed by atoms with Crippen LogP contribution in [0.15, 0.2) is 88.8 Å². The fourth-order valence-electron chi connectivity index (χ4n) is 5.30. The van der Waals surface area contributed by atoms with Gasteiger partial charge in [0.1, 0.15) is 11.9 Å². The van der Waals surface area contributed by atoms with Gasteiger partial charge in [0.2, 0.25) is 11.8 Å². The van der Waals surface area contributed by atoms with Crippen molar-refractivity contribution < 1.29 is 14.4 Å². The lowest BCUT2D eigenvalue weighted by Gasteiger charge is -2.37. The van der Waals surface area contributed by atoms with Gasteiger partial charge in [0.15, 0.2) is 5.17 Å². The van der Waals surface area contributed by atoms with Crippen molar-refractivity contribution in [3.05, 3.63) is 90.0 Å². The number of para-hydroxylation sites is 2. The van der Waals surface area contributed by atoms with Crippen molar-refractivity contribution in [3.8, 4) is 0 Å². The first-order valence-corrected chi connectivity index (χ1v) is 14.6. The number of amidine groups is 2. The summed E-state index contributed by atoms with van der Waals surface area (Å²) in [5.41, 5.74) is 4.33. The minimum Gasteiger partial charge on any atom is -0.368 e. The molecule has 3 amide bonds. The molecule has 41 heavy (non-hydrogen) atoms. The lowest BCUT2D eigenvalue weighted by molar-refractivity contribution is -0.134. The number of benzene rings is 3. The van der Waals surface area contributed by atoms with E-state index in [0.29, 0.717) is 29.8 Å². The molecule has 3 aromatic rings. The van der Waals surface area contributed by atoms with E-state index >= 15 is 0 Å². The molecule has 0 aliphatic carbocycles. The second-order valence-corrected chi connectivity index (χ2v) is 11.1. The second-order valence-electron chi connectivity index (χ2n) is 10.2. The molecule has 0 aromatic heterocycles. The van der Waals surface area contributed by atoms with E-state index in [1.54, 1.807) is 4.90 Å². The van der Waals surface area contributed by atoms with E-state index in [1.807, 2.05) is 78.6 Å². The quantitative estimate of drug-likeness (QED) is 0.483. The van der Waals surface area contributed by atoms with E-state index in [9.17, 15) is 14.4 Å². The highest BCUT2D eigenvalue weighted by atomic mass is 32.2. The highest BCUT2D eigenvalue weighted by Crippen LogP contribution is 2.35. The van der Waals surface area contributed by atoms with Gasteiger partial charge in [-0.25, -0.2) is 4.99 Å². The summed E-state index contributed by atoms with van der Waals surface area (Å²) in [6, 6.07) is 24.4. The fourth-order valence-corrected chi connectivity index (χ4v) is 6.15. The highest BCUT2D eigenvalue weighted by molar-refractivity contribution is 8.14. The van der Waals surface area contributed by atoms with Crippen LogP contribution in [0.5, 0.6) is 0 Å². The molecule has 10 heteroatoms. The molecule has 0 radical (unpaired) electrons. The van der Waals surface area contributed by atoms with Crippen molar-refractivity contribution in [2.75, 3.05) is 42.1 Å². The molecule has 0 saturated carbocycles. The van der Waals surface area contributed by atoms with E-state index in [4.69, 9.17) is 4.99 Å². The minimum atomic E-state index is -0.802. The largest absolute Gasteiger partial charge is 0.368 e. The van der Waals surface area contributed by atoms with Gasteiger partial charge in [-0.2, -0.15) is 4.99 Å². The predicted octanol–water partition coefficient (Wildman–Crippen LogP) is 4.06. The molecule has 3 aliphatic rings. The Morgan fingerprint density at radius 2 is 1.68 bits per heavy atom. The van der Waals surface area contributed by atoms with Gasteiger partial charge in [-0.15, -0.1) is 0 Å². The Bertz CT molecular complexity index is 1550. The maximum atomic E-state index is 13.4. The Kier molecular flexibility index (Phi) is 7.56. The molecular weight excluding hydrogens is 536 g/mol. The number of fused-ring (bicyclic) bond motifs is 3. The first-order valence-electron chi connectivity index (χ1n) is 13.6. The lowest BCUT2D eigenvalue weighted by atomic mass is 10.1. The molecule has 6 rings (SSSR count). The molecule has 1 atom stereocenters. The number of rotatable bonds is 6. The lowest BCUT2D eigenvalue weighted by Crippen LogP contribution is -2.51. The van der Waals surface area contributed by atoms with Crippen molar-refractivity contribution in [1.82, 2.24) is 9.80 Å². The van der Waals surface area contributed by atoms with E-state index in [0.717, 1.165) is 35.6 Å². The number of anilines is 2. The standard InChI is InChI=1S/C31H30N6O3S/c1-21-8-7-9-22(18-21)32-27(38)20-41-31-33-25-13-6-5-12-24(25)29-34-30(40)26(37(29)31)19-28(39)36-16-14-35(15-17-36)23-10-3-2-4-11-23/h2-13,18,26H,14-17,19-20H2,1H3,(H,32,38). The Labute approximate surface area is 243 Å². The summed E-state index contributed by atoms with van der Waals surface area (Å²) in [5, 5.41) is 3.40. The first-order chi connectivity index (χ1) is 20.0. The predicted molar refractivity (Wildman–Crippen MR) is 163 cm³/mol. The van der Waals surface area contributed by atoms with Crippen molar-refractivity contribution in [3.63, 3.8) is 0 Å². The molecule has 1 N–H and O–H groups in total. The van der Waals surface area contributed by atoms with Crippen LogP contribution < -0.4 is 10.2 Å². The first kappa shape index (κ1) is 26.8. The third-order valence-electron chi connectivity index (χ3n) is 7.36. The van der Waals surface area contributed by atoms with Gasteiger partial charge in [0.25, 0.3) is 5.91 Å². The molecule has 0 spiro atoms. The zero-order valence-electron chi connectivity index (χ0n) is 22.7. The normalized spacial score (nSPS) is 17.9. The van der Waals surface area contributed by atoms with Crippen LogP contribution in [0.4, 0.5) is 17.1 Å². The summed E-state index contributed by atoms with van der Waals surface area (Å²) in [6.45, 7) is 4.59. The van der Waals surface area contributed by atoms with Crippen LogP contribution in [0.25, 0.3) is 0 Å². The maximum absolute atomic E-state index is 13.4. The van der Waals surface area contributed by atoms with Crippen molar-refractivity contribution in [2.24, 2.45) is 9.98 Å². The Morgan fingerprint density at radius 1 is 0.927 bits per heavy atom. The Hall–Kier alpha value is -4.44. The third-order valence-corrected chi connectivity index (χ3v) is 8.32. The van der Waals surface area contributed by atoms with Crippen LogP contribution in [0.2, 0.25) is 0 Å². The number of carbonyl (C=O) groups is 3. The molecular formula is C31H30N6O3S. The number of hydrogen-bond donors (Lipinski definition) is 1. The van der Waals surface area contributed by atoms with Crippen LogP contribution in [0.1, 0.15) is 17.5 Å². The van der Waals surface area contributed by atoms with Crippen LogP contribution in [0.3, 0.4) is 0 Å². The number of thioether (sulfide) groups is 1. The number of carbonyl (C=O) groups excluding carboxylic acids is 3. The van der Waals surface area contributed by atoms with Crippen LogP contribution in [0, 0.1) is 6.92 Å². The van der Waals surface area contributed by atoms with E-state index in [2.05, 4.69) is 27.3 Å². The average Bonchev–Trinajstić information content (AvgIpc) is 3.32. The molecule has 1 unspecified atom stereocenters. The highest BCUT2D eigenvalue weighted by Gasteiger charge is 2.43. The monoisotopic (exact) mass is 566 g/mol. The number of hydrogen-bond acceptors (Lipinski definition) is 7. The van der Waals surface area contributed by atoms with Crippen molar-refractivity contribution >= 4 is 57.5 Å². The molecule has 3 heterocycles. The van der Waals surface area contributed by atoms with Crippen LogP contribution in [-0.2, 0) is 14.4 Å². The third kappa shape index (κ3) is 5.74. The summed E-state index contributed by atoms with van der Waals surface area (Å²) >= 11 is 1.23. The summed E-state index contributed by atoms with van der Waals surface area (Å²) < 4.78 is 0. The smallest absolute Gasteiger partial charge is 0.271 e. The molecule has 9 nitrogen and oxygen atoms in total. The summed E-state index contributed by atoms with van der Waals surface area (Å²) in [6.07, 6.45) is -0.00555. The van der Waals surface area contributed by atoms with Gasteiger partial charge in [0, 0.05) is 43.1 Å². The number of nitrogens with one attached hydrogen (secondary N) is 1. The Morgan fingerprint density at radius 3 is 2.46 bits per heavy atom. The molecule has 1 fully saturated rings. The molecule has 3 aliphatic heterocycles. The second kappa shape index (κ2) is 11.6. The van der Waals surface area contributed by atoms with Gasteiger partial charge in [-0.1, -0.05) is 54.2 Å². The van der Waals surface area contributed by atoms with Gasteiger partial charge in [-0.3, -0.25) is 19.3 Å². The van der Waals surface area contributed by atoms with E-state index in [-0.39, 0.29) is 29.9 Å². The average molecular weight is 567 g/mol. The minimum absolute atomic E-state index is 0.00555. The maximum Gasteiger partial charge on any atom is 0.271 e. The van der Waals surface area contributed by atoms with Crippen molar-refractivity contribution in [2.45, 2.75) is 19.4 Å². The van der Waals surface area contributed by atoms with Gasteiger partial charge in [-0.05, 0) is 48.9 Å². The van der Waals surface area contributed by atoms with E-state index in [1.165, 1.54) is 11.8 Å². The van der Waals surface area contributed by atoms with Crippen LogP contribution in [-0.4, -0.2) is 76.5 Å². The van der Waals surface area contributed by atoms with Gasteiger partial charge >= 0.3 is 0 Å². The fraction of sp³-hybridized carbons (Fsp3) is 0.258. The SMILES string of the molecule is Cc1cccc(NC(=O)CSC2=Nc3ccccc3C3=NC(=O)C(CC(=O)N4CCN(c5ccccc5)CC4)N23)c1. The number of aliphatic imine (C=N–C) groups is 2. The summed E-state index contributed by atoms with van der Waals surface area (Å²) in [7, 11) is 0. The molecule has 208 valence electrons. The molecule has 3 aromatic carbocycles. The number of amides is 3. The van der Waals surface area contributed by atoms with E-state index < -0.39 is 6.04 Å². The van der Waals surface area contributed by atoms with Gasteiger partial charge < -0.3 is 15.1 Å². The topological polar surface area (TPSA) is 97.7 Å². The van der Waals surface area contributed by atoms with Crippen molar-refractivity contribution in [1.29, 1.82) is 0 Å². The number of nitrogens with zero attached hydrogens (tertiary/aromatic N) is 5. The number of piperazine rings is 1.